The Bertz CT molecular complexity index is 3280. The minimum atomic E-state index is -4.43. The number of alkyl halides is 6. The summed E-state index contributed by atoms with van der Waals surface area (Å²) in [5.41, 5.74) is -1.46. The van der Waals surface area contributed by atoms with Gasteiger partial charge in [-0.2, -0.15) is 26.3 Å². The highest BCUT2D eigenvalue weighted by atomic mass is 79.9. The van der Waals surface area contributed by atoms with Crippen molar-refractivity contribution in [3.8, 4) is 0 Å². The van der Waals surface area contributed by atoms with Gasteiger partial charge in [0.15, 0.2) is 5.17 Å². The van der Waals surface area contributed by atoms with Gasteiger partial charge < -0.3 is 19.7 Å². The molecular weight excluding hydrogens is 1270 g/mol. The average molecular weight is 1350 g/mol. The second-order valence-electron chi connectivity index (χ2n) is 23.3. The van der Waals surface area contributed by atoms with E-state index in [0.717, 1.165) is 33.6 Å². The fourth-order valence-corrected chi connectivity index (χ4v) is 17.1. The predicted octanol–water partition coefficient (Wildman–Crippen LogP) is 14.2. The lowest BCUT2D eigenvalue weighted by Crippen LogP contribution is -2.50. The van der Waals surface area contributed by atoms with Crippen molar-refractivity contribution >= 4 is 111 Å². The van der Waals surface area contributed by atoms with Crippen LogP contribution < -0.4 is 5.32 Å². The van der Waals surface area contributed by atoms with E-state index in [4.69, 9.17) is 4.42 Å². The van der Waals surface area contributed by atoms with Crippen molar-refractivity contribution in [2.75, 3.05) is 32.4 Å². The molecule has 0 radical (unpaired) electrons. The van der Waals surface area contributed by atoms with Gasteiger partial charge in [-0.15, -0.1) is 11.3 Å². The molecular formula is C59H71BrF6N6O8S5. The first-order valence-electron chi connectivity index (χ1n) is 27.8. The van der Waals surface area contributed by atoms with E-state index in [1.165, 1.54) is 82.6 Å². The Morgan fingerprint density at radius 2 is 1.24 bits per heavy atom. The molecule has 0 saturated carbocycles. The van der Waals surface area contributed by atoms with Crippen LogP contribution in [0.3, 0.4) is 0 Å². The molecule has 3 unspecified atom stereocenters. The van der Waals surface area contributed by atoms with Crippen LogP contribution in [0.5, 0.6) is 0 Å². The zero-order valence-electron chi connectivity index (χ0n) is 48.6. The van der Waals surface area contributed by atoms with Gasteiger partial charge in [-0.1, -0.05) is 85.5 Å². The number of amidine groups is 1. The van der Waals surface area contributed by atoms with Crippen molar-refractivity contribution in [2.24, 2.45) is 26.8 Å². The number of aliphatic imine (C=N–C) groups is 3. The van der Waals surface area contributed by atoms with Gasteiger partial charge in [0.2, 0.25) is 15.9 Å². The maximum absolute atomic E-state index is 13.4. The van der Waals surface area contributed by atoms with Crippen molar-refractivity contribution in [3.05, 3.63) is 116 Å². The summed E-state index contributed by atoms with van der Waals surface area (Å²) in [5, 5.41) is 14.7. The van der Waals surface area contributed by atoms with E-state index in [0.29, 0.717) is 72.7 Å². The first-order valence-corrected chi connectivity index (χ1v) is 33.7. The van der Waals surface area contributed by atoms with E-state index in [2.05, 4.69) is 36.2 Å². The number of carbonyl (C=O) groups excluding carboxylic acids is 4. The van der Waals surface area contributed by atoms with Crippen molar-refractivity contribution in [3.63, 3.8) is 0 Å². The number of hydrogen-bond acceptors (Lipinski definition) is 13. The summed E-state index contributed by atoms with van der Waals surface area (Å²) in [4.78, 5) is 65.9. The third-order valence-corrected chi connectivity index (χ3v) is 23.3. The van der Waals surface area contributed by atoms with Crippen LogP contribution in [0, 0.1) is 11.8 Å². The molecule has 5 aliphatic heterocycles. The molecule has 2 aromatic heterocycles. The van der Waals surface area contributed by atoms with Crippen LogP contribution in [0.1, 0.15) is 162 Å². The Morgan fingerprint density at radius 1 is 0.765 bits per heavy atom. The number of benzene rings is 2. The van der Waals surface area contributed by atoms with Gasteiger partial charge in [0.05, 0.1) is 54.7 Å². The normalized spacial score (nSPS) is 24.5. The standard InChI is InChI=1S/C25H27F3N2O3S.C21H27F3N2O3S2.C13H17BrN2O2S2/c1-16(19-5-3-4-6-20(19)25(26,27)28)13-21-29-23(32)24(2,34-21)14-17-7-10-30(11-8-17)22(31)18-9-12-33-15-18;1-14(16-6-4-5-7-17(16)21(22,23)24)12-18-25-19(27)20(2,30-18)13-15-8-10-26(11-9-15)31(3,28)29;1-7(8-5-6-9(14)19-8)15-11-16-10(17)13(4,20-11)12(2,3)18/h3-6,9,12,15-17H,7-8,10-11,13-14H2,1-2H3;4-7,14-15H,8-13H2,1-3H3;5-7,18H,1-4H3,(H,15,16,17)/t16-,24?;14-,20?;7-,13?/m110/s1. The molecule has 3 saturated heterocycles. The minimum absolute atomic E-state index is 0.0294. The third kappa shape index (κ3) is 17.1. The second kappa shape index (κ2) is 27.2. The van der Waals surface area contributed by atoms with Gasteiger partial charge in [-0.3, -0.25) is 24.2 Å². The molecule has 3 fully saturated rings. The summed E-state index contributed by atoms with van der Waals surface area (Å²) in [6.45, 7) is 16.3. The molecule has 26 heteroatoms. The lowest BCUT2D eigenvalue weighted by Gasteiger charge is -2.34. The third-order valence-electron chi connectivity index (χ3n) is 16.1. The van der Waals surface area contributed by atoms with Crippen molar-refractivity contribution in [1.82, 2.24) is 14.5 Å². The van der Waals surface area contributed by atoms with Crippen LogP contribution >= 0.6 is 62.6 Å². The summed E-state index contributed by atoms with van der Waals surface area (Å²) >= 11 is 9.07. The quantitative estimate of drug-likeness (QED) is 0.108. The van der Waals surface area contributed by atoms with Crippen molar-refractivity contribution < 1.29 is 63.5 Å². The zero-order valence-corrected chi connectivity index (χ0v) is 54.3. The fraction of sp³-hybridized carbons (Fsp3) is 0.542. The van der Waals surface area contributed by atoms with Gasteiger partial charge in [-0.05, 0) is 161 Å². The molecule has 7 heterocycles. The number of carbonyl (C=O) groups is 4. The summed E-state index contributed by atoms with van der Waals surface area (Å²) in [6, 6.07) is 16.7. The fourth-order valence-electron chi connectivity index (χ4n) is 10.9. The number of thioether (sulfide) groups is 3. The molecule has 464 valence electrons. The Morgan fingerprint density at radius 3 is 1.64 bits per heavy atom. The smallest absolute Gasteiger partial charge is 0.416 e. The summed E-state index contributed by atoms with van der Waals surface area (Å²) < 4.78 is 109. The second-order valence-corrected chi connectivity index (χ2v) is 32.4. The maximum Gasteiger partial charge on any atom is 0.416 e. The Balaban J connectivity index is 0.000000189. The molecule has 4 aromatic rings. The lowest BCUT2D eigenvalue weighted by atomic mass is 9.87. The Kier molecular flexibility index (Phi) is 21.8. The van der Waals surface area contributed by atoms with Crippen LogP contribution in [0.15, 0.2) is 102 Å². The number of thiophene rings is 1. The number of nitrogens with one attached hydrogen (secondary N) is 1. The Labute approximate surface area is 517 Å². The van der Waals surface area contributed by atoms with Crippen LogP contribution in [-0.4, -0.2) is 114 Å². The number of hydrogen-bond donors (Lipinski definition) is 2. The minimum Gasteiger partial charge on any atom is -0.472 e. The topological polar surface area (TPSA) is 191 Å². The predicted molar refractivity (Wildman–Crippen MR) is 330 cm³/mol. The van der Waals surface area contributed by atoms with E-state index in [1.807, 2.05) is 32.9 Å². The molecule has 2 aromatic carbocycles. The van der Waals surface area contributed by atoms with Crippen molar-refractivity contribution in [2.45, 2.75) is 157 Å². The highest BCUT2D eigenvalue weighted by molar-refractivity contribution is 9.11. The molecule has 5 aliphatic rings. The van der Waals surface area contributed by atoms with Gasteiger partial charge in [0, 0.05) is 43.9 Å². The van der Waals surface area contributed by atoms with E-state index in [1.54, 1.807) is 69.1 Å². The average Bonchev–Trinajstić information content (AvgIpc) is 2.53. The molecule has 14 nitrogen and oxygen atoms in total. The van der Waals surface area contributed by atoms with E-state index < -0.39 is 65.2 Å². The van der Waals surface area contributed by atoms with Gasteiger partial charge in [-0.25, -0.2) is 22.7 Å². The van der Waals surface area contributed by atoms with Crippen LogP contribution in [-0.2, 0) is 36.8 Å². The molecule has 4 amide bonds. The van der Waals surface area contributed by atoms with Gasteiger partial charge in [0.25, 0.3) is 17.7 Å². The molecule has 0 spiro atoms. The maximum atomic E-state index is 13.4. The number of rotatable bonds is 15. The molecule has 0 bridgehead atoms. The number of amides is 4. The van der Waals surface area contributed by atoms with Crippen LogP contribution in [0.25, 0.3) is 0 Å². The largest absolute Gasteiger partial charge is 0.472 e. The summed E-state index contributed by atoms with van der Waals surface area (Å²) in [6.07, 6.45) is -0.0305. The van der Waals surface area contributed by atoms with Gasteiger partial charge in [0.1, 0.15) is 20.5 Å². The van der Waals surface area contributed by atoms with Gasteiger partial charge >= 0.3 is 12.4 Å². The number of piperidine rings is 2. The Hall–Kier alpha value is -4.31. The van der Waals surface area contributed by atoms with Crippen LogP contribution in [0.4, 0.5) is 26.3 Å². The number of likely N-dealkylation sites (tertiary alicyclic amines) is 1. The van der Waals surface area contributed by atoms with Crippen molar-refractivity contribution in [1.29, 1.82) is 0 Å². The molecule has 85 heavy (non-hydrogen) atoms. The van der Waals surface area contributed by atoms with E-state index in [9.17, 15) is 59.0 Å². The number of sulfonamides is 1. The van der Waals surface area contributed by atoms with Crippen LogP contribution in [0.2, 0.25) is 0 Å². The molecule has 9 rings (SSSR count). The highest BCUT2D eigenvalue weighted by Gasteiger charge is 2.53. The first kappa shape index (κ1) is 68.2. The molecule has 2 N–H and O–H groups in total. The highest BCUT2D eigenvalue weighted by Crippen LogP contribution is 2.47. The van der Waals surface area contributed by atoms with E-state index in [-0.39, 0.29) is 65.5 Å². The number of nitrogens with zero attached hydrogens (tertiary/aromatic N) is 5. The summed E-state index contributed by atoms with van der Waals surface area (Å²) in [7, 11) is -3.21. The number of aliphatic hydroxyl groups is 1. The monoisotopic (exact) mass is 1340 g/mol. The van der Waals surface area contributed by atoms with E-state index >= 15 is 0 Å². The zero-order chi connectivity index (χ0) is 62.7. The molecule has 0 aliphatic carbocycles. The lowest BCUT2D eigenvalue weighted by molar-refractivity contribution is -0.139. The number of halogens is 7. The first-order chi connectivity index (χ1) is 39.5. The SMILES string of the molecule is C[C@H](CC1=NC(=O)C(C)(CC2CCN(C(=O)c3ccoc3)CC2)S1)c1ccccc1C(F)(F)F.C[C@H](CC1=NC(=O)C(C)(CC2CCN(S(C)(=O)=O)CC2)S1)c1ccccc1C(F)(F)F.C[C@H](N=C1NC(=O)C(C)(C(C)(C)O)S1)c1ccc(Br)s1. The molecule has 6 atom stereocenters. The summed E-state index contributed by atoms with van der Waals surface area (Å²) in [5.74, 6) is -1.11. The number of furan rings is 1.